The minimum atomic E-state index is 0.412. The van der Waals surface area contributed by atoms with Crippen LogP contribution in [0.15, 0.2) is 0 Å². The first-order chi connectivity index (χ1) is 6.86. The minimum Gasteiger partial charge on any atom is -0.375 e. The lowest BCUT2D eigenvalue weighted by Crippen LogP contribution is -2.43. The summed E-state index contributed by atoms with van der Waals surface area (Å²) in [7, 11) is 0. The number of halogens is 1. The lowest BCUT2D eigenvalue weighted by molar-refractivity contribution is -0.0155. The van der Waals surface area contributed by atoms with Gasteiger partial charge in [0.25, 0.3) is 0 Å². The van der Waals surface area contributed by atoms with E-state index in [9.17, 15) is 0 Å². The van der Waals surface area contributed by atoms with Gasteiger partial charge in [0.2, 0.25) is 0 Å². The van der Waals surface area contributed by atoms with Gasteiger partial charge in [-0.3, -0.25) is 4.90 Å². The van der Waals surface area contributed by atoms with Crippen molar-refractivity contribution >= 4 is 15.9 Å². The molecule has 0 bridgehead atoms. The molecule has 0 N–H and O–H groups in total. The topological polar surface area (TPSA) is 12.5 Å². The Morgan fingerprint density at radius 3 is 2.93 bits per heavy atom. The van der Waals surface area contributed by atoms with Gasteiger partial charge in [-0.25, -0.2) is 0 Å². The molecule has 14 heavy (non-hydrogen) atoms. The molecule has 1 aliphatic rings. The zero-order chi connectivity index (χ0) is 10.2. The predicted octanol–water partition coefficient (Wildman–Crippen LogP) is 2.66. The molecular formula is C11H22BrNO. The molecule has 1 fully saturated rings. The molecule has 1 atom stereocenters. The van der Waals surface area contributed by atoms with Gasteiger partial charge in [-0.2, -0.15) is 0 Å². The molecule has 0 spiro atoms. The number of hydrogen-bond donors (Lipinski definition) is 0. The van der Waals surface area contributed by atoms with Crippen LogP contribution in [0.25, 0.3) is 0 Å². The Kier molecular flexibility index (Phi) is 6.82. The van der Waals surface area contributed by atoms with E-state index >= 15 is 0 Å². The van der Waals surface area contributed by atoms with Crippen molar-refractivity contribution in [2.24, 2.45) is 0 Å². The van der Waals surface area contributed by atoms with E-state index in [0.717, 1.165) is 25.0 Å². The normalized spacial score (nSPS) is 24.0. The zero-order valence-corrected chi connectivity index (χ0v) is 10.8. The highest BCUT2D eigenvalue weighted by atomic mass is 79.9. The molecule has 0 aliphatic carbocycles. The van der Waals surface area contributed by atoms with Crippen molar-refractivity contribution < 1.29 is 4.74 Å². The Labute approximate surface area is 96.1 Å². The van der Waals surface area contributed by atoms with Gasteiger partial charge >= 0.3 is 0 Å². The lowest BCUT2D eigenvalue weighted by atomic mass is 10.2. The third kappa shape index (κ3) is 4.76. The van der Waals surface area contributed by atoms with E-state index < -0.39 is 0 Å². The van der Waals surface area contributed by atoms with Crippen LogP contribution in [-0.4, -0.2) is 42.6 Å². The maximum atomic E-state index is 5.60. The summed E-state index contributed by atoms with van der Waals surface area (Å²) in [5.41, 5.74) is 0. The number of nitrogens with zero attached hydrogens (tertiary/aromatic N) is 1. The lowest BCUT2D eigenvalue weighted by Gasteiger charge is -2.32. The van der Waals surface area contributed by atoms with Gasteiger partial charge in [-0.1, -0.05) is 42.1 Å². The Morgan fingerprint density at radius 2 is 2.21 bits per heavy atom. The van der Waals surface area contributed by atoms with Crippen LogP contribution >= 0.6 is 15.9 Å². The molecule has 1 unspecified atom stereocenters. The SMILES string of the molecule is CCCCCCN1CCOC(CBr)C1. The maximum absolute atomic E-state index is 5.60. The van der Waals surface area contributed by atoms with Crippen molar-refractivity contribution in [3.8, 4) is 0 Å². The molecule has 0 aromatic carbocycles. The van der Waals surface area contributed by atoms with Crippen molar-refractivity contribution in [2.75, 3.05) is 31.6 Å². The summed E-state index contributed by atoms with van der Waals surface area (Å²) < 4.78 is 5.60. The summed E-state index contributed by atoms with van der Waals surface area (Å²) in [6, 6.07) is 0. The molecule has 0 radical (unpaired) electrons. The fourth-order valence-electron chi connectivity index (χ4n) is 1.84. The van der Waals surface area contributed by atoms with E-state index in [2.05, 4.69) is 27.8 Å². The summed E-state index contributed by atoms with van der Waals surface area (Å²) in [4.78, 5) is 2.53. The smallest absolute Gasteiger partial charge is 0.0799 e. The van der Waals surface area contributed by atoms with E-state index in [1.807, 2.05) is 0 Å². The summed E-state index contributed by atoms with van der Waals surface area (Å²) in [6.45, 7) is 6.65. The highest BCUT2D eigenvalue weighted by Crippen LogP contribution is 2.09. The van der Waals surface area contributed by atoms with Crippen molar-refractivity contribution in [1.82, 2.24) is 4.90 Å². The second kappa shape index (κ2) is 7.66. The third-order valence-electron chi connectivity index (χ3n) is 2.72. The number of unbranched alkanes of at least 4 members (excludes halogenated alkanes) is 3. The second-order valence-corrected chi connectivity index (χ2v) is 4.66. The number of alkyl halides is 1. The van der Waals surface area contributed by atoms with Crippen LogP contribution in [0.4, 0.5) is 0 Å². The monoisotopic (exact) mass is 263 g/mol. The quantitative estimate of drug-likeness (QED) is 0.540. The molecular weight excluding hydrogens is 242 g/mol. The maximum Gasteiger partial charge on any atom is 0.0799 e. The van der Waals surface area contributed by atoms with Crippen LogP contribution < -0.4 is 0 Å². The molecule has 0 amide bonds. The highest BCUT2D eigenvalue weighted by molar-refractivity contribution is 9.09. The zero-order valence-electron chi connectivity index (χ0n) is 9.17. The van der Waals surface area contributed by atoms with Crippen LogP contribution in [0.5, 0.6) is 0 Å². The highest BCUT2D eigenvalue weighted by Gasteiger charge is 2.18. The van der Waals surface area contributed by atoms with E-state index in [4.69, 9.17) is 4.74 Å². The molecule has 3 heteroatoms. The molecule has 1 saturated heterocycles. The third-order valence-corrected chi connectivity index (χ3v) is 3.45. The fourth-order valence-corrected chi connectivity index (χ4v) is 2.23. The van der Waals surface area contributed by atoms with E-state index in [1.54, 1.807) is 0 Å². The van der Waals surface area contributed by atoms with Gasteiger partial charge in [0.15, 0.2) is 0 Å². The van der Waals surface area contributed by atoms with Crippen LogP contribution in [0, 0.1) is 0 Å². The summed E-state index contributed by atoms with van der Waals surface area (Å²) in [5.74, 6) is 0. The molecule has 2 nitrogen and oxygen atoms in total. The van der Waals surface area contributed by atoms with Gasteiger partial charge < -0.3 is 4.74 Å². The first-order valence-corrected chi connectivity index (χ1v) is 6.89. The minimum absolute atomic E-state index is 0.412. The molecule has 1 aliphatic heterocycles. The molecule has 0 aromatic rings. The van der Waals surface area contributed by atoms with Gasteiger partial charge in [0, 0.05) is 18.4 Å². The summed E-state index contributed by atoms with van der Waals surface area (Å²) in [5, 5.41) is 0.971. The van der Waals surface area contributed by atoms with E-state index in [-0.39, 0.29) is 0 Å². The molecule has 1 rings (SSSR count). The summed E-state index contributed by atoms with van der Waals surface area (Å²) in [6.07, 6.45) is 5.85. The second-order valence-electron chi connectivity index (χ2n) is 4.01. The van der Waals surface area contributed by atoms with Crippen LogP contribution in [0.1, 0.15) is 32.6 Å². The van der Waals surface area contributed by atoms with Crippen molar-refractivity contribution in [1.29, 1.82) is 0 Å². The van der Waals surface area contributed by atoms with Crippen molar-refractivity contribution in [3.63, 3.8) is 0 Å². The van der Waals surface area contributed by atoms with E-state index in [1.165, 1.54) is 32.2 Å². The molecule has 0 saturated carbocycles. The Balaban J connectivity index is 2.05. The number of ether oxygens (including phenoxy) is 1. The largest absolute Gasteiger partial charge is 0.375 e. The first kappa shape index (κ1) is 12.5. The Hall–Kier alpha value is 0.400. The average molecular weight is 264 g/mol. The van der Waals surface area contributed by atoms with Crippen LogP contribution in [0.3, 0.4) is 0 Å². The van der Waals surface area contributed by atoms with Crippen LogP contribution in [0.2, 0.25) is 0 Å². The fraction of sp³-hybridized carbons (Fsp3) is 1.00. The van der Waals surface area contributed by atoms with Crippen molar-refractivity contribution in [3.05, 3.63) is 0 Å². The standard InChI is InChI=1S/C11H22BrNO/c1-2-3-4-5-6-13-7-8-14-11(9-12)10-13/h11H,2-10H2,1H3. The average Bonchev–Trinajstić information content (AvgIpc) is 2.25. The van der Waals surface area contributed by atoms with Gasteiger partial charge in [-0.05, 0) is 13.0 Å². The Bertz CT molecular complexity index is 143. The predicted molar refractivity (Wildman–Crippen MR) is 64.1 cm³/mol. The Morgan fingerprint density at radius 1 is 1.36 bits per heavy atom. The van der Waals surface area contributed by atoms with Gasteiger partial charge in [-0.15, -0.1) is 0 Å². The number of rotatable bonds is 6. The van der Waals surface area contributed by atoms with Crippen LogP contribution in [-0.2, 0) is 4.74 Å². The molecule has 0 aromatic heterocycles. The van der Waals surface area contributed by atoms with Gasteiger partial charge in [0.1, 0.15) is 0 Å². The number of morpholine rings is 1. The molecule has 1 heterocycles. The first-order valence-electron chi connectivity index (χ1n) is 5.76. The summed E-state index contributed by atoms with van der Waals surface area (Å²) >= 11 is 3.48. The van der Waals surface area contributed by atoms with E-state index in [0.29, 0.717) is 6.10 Å². The van der Waals surface area contributed by atoms with Gasteiger partial charge in [0.05, 0.1) is 12.7 Å². The number of hydrogen-bond acceptors (Lipinski definition) is 2. The molecule has 84 valence electrons. The van der Waals surface area contributed by atoms with Crippen molar-refractivity contribution in [2.45, 2.75) is 38.7 Å².